The summed E-state index contributed by atoms with van der Waals surface area (Å²) in [5.41, 5.74) is 2.06. The lowest BCUT2D eigenvalue weighted by atomic mass is 10.2. The number of hydrazine groups is 1. The normalized spacial score (nSPS) is 10.3. The molecule has 0 radical (unpaired) electrons. The van der Waals surface area contributed by atoms with Crippen LogP contribution in [-0.4, -0.2) is 12.0 Å². The monoisotopic (exact) mass is 283 g/mol. The maximum atomic E-state index is 5.60. The number of hydrogen-bond donors (Lipinski definition) is 1. The third kappa shape index (κ3) is 2.37. The molecule has 0 aliphatic rings. The third-order valence-corrected chi connectivity index (χ3v) is 3.39. The summed E-state index contributed by atoms with van der Waals surface area (Å²) in [5, 5.41) is 4.34. The Morgan fingerprint density at radius 3 is 2.53 bits per heavy atom. The Balaban J connectivity index is 2.33. The molecule has 0 saturated carbocycles. The minimum atomic E-state index is 0.813. The molecule has 15 heavy (non-hydrogen) atoms. The summed E-state index contributed by atoms with van der Waals surface area (Å²) in [6.07, 6.45) is 0. The van der Waals surface area contributed by atoms with Crippen LogP contribution in [0.25, 0.3) is 11.3 Å². The number of halogens is 1. The highest BCUT2D eigenvalue weighted by Gasteiger charge is 2.05. The standard InChI is InChI=1S/C10H10BrN3S/c1-14(12)10-13-9(6-15-10)7-2-4-8(11)5-3-7/h2-6H,12H2,1H3. The Labute approximate surface area is 101 Å². The number of benzene rings is 1. The molecule has 0 saturated heterocycles. The van der Waals surface area contributed by atoms with Crippen molar-refractivity contribution in [1.82, 2.24) is 4.98 Å². The van der Waals surface area contributed by atoms with Gasteiger partial charge in [-0.25, -0.2) is 10.8 Å². The number of thiazole rings is 1. The molecular formula is C10H10BrN3S. The fraction of sp³-hybridized carbons (Fsp3) is 0.100. The minimum absolute atomic E-state index is 0.813. The molecule has 1 aromatic carbocycles. The summed E-state index contributed by atoms with van der Waals surface area (Å²) in [6, 6.07) is 8.06. The predicted octanol–water partition coefficient (Wildman–Crippen LogP) is 2.88. The molecule has 0 aliphatic carbocycles. The van der Waals surface area contributed by atoms with Gasteiger partial charge in [-0.2, -0.15) is 0 Å². The van der Waals surface area contributed by atoms with Crippen molar-refractivity contribution in [2.24, 2.45) is 5.84 Å². The minimum Gasteiger partial charge on any atom is -0.289 e. The van der Waals surface area contributed by atoms with Crippen molar-refractivity contribution in [2.45, 2.75) is 0 Å². The van der Waals surface area contributed by atoms with Crippen molar-refractivity contribution in [2.75, 3.05) is 12.1 Å². The first-order valence-electron chi connectivity index (χ1n) is 4.37. The van der Waals surface area contributed by atoms with Crippen LogP contribution < -0.4 is 10.9 Å². The molecule has 0 amide bonds. The van der Waals surface area contributed by atoms with Crippen molar-refractivity contribution >= 4 is 32.4 Å². The highest BCUT2D eigenvalue weighted by atomic mass is 79.9. The molecule has 0 bridgehead atoms. The van der Waals surface area contributed by atoms with Gasteiger partial charge in [-0.1, -0.05) is 28.1 Å². The fourth-order valence-corrected chi connectivity index (χ4v) is 2.17. The number of nitrogens with two attached hydrogens (primary N) is 1. The molecule has 0 fully saturated rings. The van der Waals surface area contributed by atoms with E-state index >= 15 is 0 Å². The van der Waals surface area contributed by atoms with Crippen LogP contribution in [0.15, 0.2) is 34.1 Å². The van der Waals surface area contributed by atoms with Gasteiger partial charge in [-0.15, -0.1) is 11.3 Å². The van der Waals surface area contributed by atoms with Gasteiger partial charge in [0.05, 0.1) is 5.69 Å². The molecule has 2 N–H and O–H groups in total. The highest BCUT2D eigenvalue weighted by molar-refractivity contribution is 9.10. The smallest absolute Gasteiger partial charge is 0.199 e. The summed E-state index contributed by atoms with van der Waals surface area (Å²) in [6.45, 7) is 0. The molecule has 2 rings (SSSR count). The van der Waals surface area contributed by atoms with Crippen LogP contribution in [0.3, 0.4) is 0 Å². The Morgan fingerprint density at radius 2 is 2.00 bits per heavy atom. The van der Waals surface area contributed by atoms with Gasteiger partial charge in [-0.3, -0.25) is 5.01 Å². The van der Waals surface area contributed by atoms with Gasteiger partial charge < -0.3 is 0 Å². The van der Waals surface area contributed by atoms with Gasteiger partial charge in [0.25, 0.3) is 0 Å². The lowest BCUT2D eigenvalue weighted by Gasteiger charge is -2.05. The van der Waals surface area contributed by atoms with Crippen molar-refractivity contribution < 1.29 is 0 Å². The first-order valence-corrected chi connectivity index (χ1v) is 6.04. The fourth-order valence-electron chi connectivity index (χ4n) is 1.18. The second-order valence-electron chi connectivity index (χ2n) is 3.13. The van der Waals surface area contributed by atoms with E-state index in [1.54, 1.807) is 7.05 Å². The van der Waals surface area contributed by atoms with Gasteiger partial charge in [0.2, 0.25) is 0 Å². The zero-order valence-corrected chi connectivity index (χ0v) is 10.5. The average Bonchev–Trinajstić information content (AvgIpc) is 2.68. The van der Waals surface area contributed by atoms with Gasteiger partial charge >= 0.3 is 0 Å². The summed E-state index contributed by atoms with van der Waals surface area (Å²) < 4.78 is 1.07. The molecule has 2 aromatic rings. The molecule has 0 spiro atoms. The molecule has 3 nitrogen and oxygen atoms in total. The molecule has 1 heterocycles. The first kappa shape index (κ1) is 10.6. The lowest BCUT2D eigenvalue weighted by Crippen LogP contribution is -2.24. The quantitative estimate of drug-likeness (QED) is 0.681. The number of aromatic nitrogens is 1. The number of rotatable bonds is 2. The Bertz CT molecular complexity index is 450. The van der Waals surface area contributed by atoms with E-state index in [0.717, 1.165) is 20.9 Å². The van der Waals surface area contributed by atoms with Crippen LogP contribution in [0.1, 0.15) is 0 Å². The molecule has 78 valence electrons. The van der Waals surface area contributed by atoms with Crippen LogP contribution in [0.4, 0.5) is 5.13 Å². The largest absolute Gasteiger partial charge is 0.289 e. The SMILES string of the molecule is CN(N)c1nc(-c2ccc(Br)cc2)cs1. The zero-order chi connectivity index (χ0) is 10.8. The number of hydrogen-bond acceptors (Lipinski definition) is 4. The first-order chi connectivity index (χ1) is 7.16. The second kappa shape index (κ2) is 4.30. The molecule has 0 aliphatic heterocycles. The summed E-state index contributed by atoms with van der Waals surface area (Å²) in [5.74, 6) is 5.60. The van der Waals surface area contributed by atoms with Crippen LogP contribution in [-0.2, 0) is 0 Å². The lowest BCUT2D eigenvalue weighted by molar-refractivity contribution is 1.00. The Hall–Kier alpha value is -0.910. The van der Waals surface area contributed by atoms with E-state index in [2.05, 4.69) is 20.9 Å². The zero-order valence-electron chi connectivity index (χ0n) is 8.14. The van der Waals surface area contributed by atoms with Gasteiger partial charge in [0.1, 0.15) is 0 Å². The summed E-state index contributed by atoms with van der Waals surface area (Å²) in [7, 11) is 1.78. The number of anilines is 1. The average molecular weight is 284 g/mol. The van der Waals surface area contributed by atoms with E-state index in [1.165, 1.54) is 16.3 Å². The van der Waals surface area contributed by atoms with E-state index in [0.29, 0.717) is 0 Å². The van der Waals surface area contributed by atoms with E-state index in [9.17, 15) is 0 Å². The Kier molecular flexibility index (Phi) is 3.04. The van der Waals surface area contributed by atoms with Gasteiger partial charge in [0.15, 0.2) is 5.13 Å². The van der Waals surface area contributed by atoms with E-state index < -0.39 is 0 Å². The van der Waals surface area contributed by atoms with Crippen LogP contribution >= 0.6 is 27.3 Å². The molecule has 5 heteroatoms. The van der Waals surface area contributed by atoms with Crippen molar-refractivity contribution in [3.63, 3.8) is 0 Å². The maximum absolute atomic E-state index is 5.60. The van der Waals surface area contributed by atoms with Crippen LogP contribution in [0.2, 0.25) is 0 Å². The molecule has 0 atom stereocenters. The second-order valence-corrected chi connectivity index (χ2v) is 4.89. The Morgan fingerprint density at radius 1 is 1.33 bits per heavy atom. The van der Waals surface area contributed by atoms with Crippen LogP contribution in [0, 0.1) is 0 Å². The number of nitrogens with zero attached hydrogens (tertiary/aromatic N) is 2. The third-order valence-electron chi connectivity index (χ3n) is 1.93. The van der Waals surface area contributed by atoms with Crippen molar-refractivity contribution in [3.05, 3.63) is 34.1 Å². The molecular weight excluding hydrogens is 274 g/mol. The maximum Gasteiger partial charge on any atom is 0.199 e. The topological polar surface area (TPSA) is 42.1 Å². The predicted molar refractivity (Wildman–Crippen MR) is 67.8 cm³/mol. The summed E-state index contributed by atoms with van der Waals surface area (Å²) >= 11 is 4.94. The van der Waals surface area contributed by atoms with E-state index in [1.807, 2.05) is 29.6 Å². The van der Waals surface area contributed by atoms with Gasteiger partial charge in [-0.05, 0) is 12.1 Å². The van der Waals surface area contributed by atoms with Crippen LogP contribution in [0.5, 0.6) is 0 Å². The van der Waals surface area contributed by atoms with E-state index in [4.69, 9.17) is 5.84 Å². The van der Waals surface area contributed by atoms with E-state index in [-0.39, 0.29) is 0 Å². The highest BCUT2D eigenvalue weighted by Crippen LogP contribution is 2.26. The molecule has 0 unspecified atom stereocenters. The molecule has 1 aromatic heterocycles. The van der Waals surface area contributed by atoms with Crippen molar-refractivity contribution in [1.29, 1.82) is 0 Å². The van der Waals surface area contributed by atoms with Gasteiger partial charge in [0, 0.05) is 22.5 Å². The summed E-state index contributed by atoms with van der Waals surface area (Å²) in [4.78, 5) is 4.41. The van der Waals surface area contributed by atoms with Crippen molar-refractivity contribution in [3.8, 4) is 11.3 Å².